The number of halogens is 3. The standard InChI is InChI=1S/C11H11F3N2O3/c1-2-8(10(17)18)15-11(19)16-9-4-6(13)5(12)3-7(9)14/h3-4,8H,2H2,1H3,(H,17,18)(H2,15,16,19)/t8-/m1/s1. The number of carbonyl (C=O) groups is 2. The molecule has 0 bridgehead atoms. The Hall–Kier alpha value is -2.25. The zero-order valence-corrected chi connectivity index (χ0v) is 9.84. The molecule has 5 nitrogen and oxygen atoms in total. The number of urea groups is 1. The molecule has 0 aliphatic rings. The van der Waals surface area contributed by atoms with Crippen LogP contribution in [0.25, 0.3) is 0 Å². The van der Waals surface area contributed by atoms with E-state index in [0.29, 0.717) is 6.07 Å². The highest BCUT2D eigenvalue weighted by atomic mass is 19.2. The predicted molar refractivity (Wildman–Crippen MR) is 60.2 cm³/mol. The van der Waals surface area contributed by atoms with Crippen LogP contribution < -0.4 is 10.6 Å². The number of rotatable bonds is 4. The molecule has 0 radical (unpaired) electrons. The van der Waals surface area contributed by atoms with Crippen LogP contribution >= 0.6 is 0 Å². The Balaban J connectivity index is 2.77. The molecule has 0 unspecified atom stereocenters. The third-order valence-electron chi connectivity index (χ3n) is 2.27. The highest BCUT2D eigenvalue weighted by Crippen LogP contribution is 2.18. The van der Waals surface area contributed by atoms with Gasteiger partial charge in [-0.25, -0.2) is 22.8 Å². The van der Waals surface area contributed by atoms with Gasteiger partial charge in [0.1, 0.15) is 11.9 Å². The number of hydrogen-bond donors (Lipinski definition) is 3. The number of carboxylic acids is 1. The minimum atomic E-state index is -1.39. The van der Waals surface area contributed by atoms with Crippen LogP contribution in [0.2, 0.25) is 0 Å². The third kappa shape index (κ3) is 3.87. The molecule has 0 aliphatic carbocycles. The van der Waals surface area contributed by atoms with E-state index in [1.54, 1.807) is 0 Å². The van der Waals surface area contributed by atoms with Crippen LogP contribution in [0.4, 0.5) is 23.7 Å². The molecular formula is C11H11F3N2O3. The molecule has 0 saturated heterocycles. The van der Waals surface area contributed by atoms with Crippen LogP contribution in [0.1, 0.15) is 13.3 Å². The zero-order valence-electron chi connectivity index (χ0n) is 9.84. The van der Waals surface area contributed by atoms with Crippen molar-refractivity contribution >= 4 is 17.7 Å². The van der Waals surface area contributed by atoms with E-state index < -0.39 is 41.2 Å². The summed E-state index contributed by atoms with van der Waals surface area (Å²) in [5.41, 5.74) is -0.586. The summed E-state index contributed by atoms with van der Waals surface area (Å²) in [5, 5.41) is 12.6. The van der Waals surface area contributed by atoms with Gasteiger partial charge in [0.25, 0.3) is 0 Å². The van der Waals surface area contributed by atoms with Crippen LogP contribution in [0.15, 0.2) is 12.1 Å². The Morgan fingerprint density at radius 2 is 1.79 bits per heavy atom. The van der Waals surface area contributed by atoms with Gasteiger partial charge in [0, 0.05) is 12.1 Å². The van der Waals surface area contributed by atoms with E-state index in [9.17, 15) is 22.8 Å². The largest absolute Gasteiger partial charge is 0.480 e. The molecule has 0 heterocycles. The number of hydrogen-bond acceptors (Lipinski definition) is 2. The first-order valence-electron chi connectivity index (χ1n) is 5.30. The Morgan fingerprint density at radius 3 is 2.32 bits per heavy atom. The lowest BCUT2D eigenvalue weighted by Gasteiger charge is -2.13. The van der Waals surface area contributed by atoms with Crippen molar-refractivity contribution in [3.05, 3.63) is 29.6 Å². The maximum atomic E-state index is 13.2. The first-order chi connectivity index (χ1) is 8.85. The number of nitrogens with one attached hydrogen (secondary N) is 2. The van der Waals surface area contributed by atoms with Gasteiger partial charge >= 0.3 is 12.0 Å². The van der Waals surface area contributed by atoms with E-state index >= 15 is 0 Å². The predicted octanol–water partition coefficient (Wildman–Crippen LogP) is 2.09. The van der Waals surface area contributed by atoms with Crippen LogP contribution in [-0.2, 0) is 4.79 Å². The molecule has 1 atom stereocenters. The minimum absolute atomic E-state index is 0.114. The fourth-order valence-corrected chi connectivity index (χ4v) is 1.27. The maximum Gasteiger partial charge on any atom is 0.326 e. The van der Waals surface area contributed by atoms with Gasteiger partial charge in [-0.2, -0.15) is 0 Å². The number of benzene rings is 1. The second kappa shape index (κ2) is 6.07. The number of aliphatic carboxylic acids is 1. The second-order valence-electron chi connectivity index (χ2n) is 3.64. The van der Waals surface area contributed by atoms with Gasteiger partial charge in [0.15, 0.2) is 11.6 Å². The third-order valence-corrected chi connectivity index (χ3v) is 2.27. The lowest BCUT2D eigenvalue weighted by atomic mass is 10.2. The average molecular weight is 276 g/mol. The first-order valence-corrected chi connectivity index (χ1v) is 5.30. The molecule has 0 spiro atoms. The van der Waals surface area contributed by atoms with Gasteiger partial charge in [-0.15, -0.1) is 0 Å². The van der Waals surface area contributed by atoms with Crippen molar-refractivity contribution in [1.82, 2.24) is 5.32 Å². The van der Waals surface area contributed by atoms with Gasteiger partial charge in [0.05, 0.1) is 5.69 Å². The van der Waals surface area contributed by atoms with Gasteiger partial charge in [0.2, 0.25) is 0 Å². The van der Waals surface area contributed by atoms with Gasteiger partial charge in [-0.3, -0.25) is 0 Å². The summed E-state index contributed by atoms with van der Waals surface area (Å²) in [6.45, 7) is 1.53. The molecule has 0 fully saturated rings. The van der Waals surface area contributed by atoms with Crippen molar-refractivity contribution in [3.63, 3.8) is 0 Å². The van der Waals surface area contributed by atoms with Crippen LogP contribution in [0.3, 0.4) is 0 Å². The Morgan fingerprint density at radius 1 is 1.21 bits per heavy atom. The second-order valence-corrected chi connectivity index (χ2v) is 3.64. The van der Waals surface area contributed by atoms with Gasteiger partial charge in [-0.05, 0) is 6.42 Å². The van der Waals surface area contributed by atoms with Crippen molar-refractivity contribution in [2.45, 2.75) is 19.4 Å². The first kappa shape index (κ1) is 14.8. The highest BCUT2D eigenvalue weighted by molar-refractivity contribution is 5.92. The topological polar surface area (TPSA) is 78.4 Å². The molecule has 0 saturated carbocycles. The fraction of sp³-hybridized carbons (Fsp3) is 0.273. The minimum Gasteiger partial charge on any atom is -0.480 e. The number of anilines is 1. The average Bonchev–Trinajstić information content (AvgIpc) is 2.32. The molecule has 1 aromatic carbocycles. The summed E-state index contributed by atoms with van der Waals surface area (Å²) in [6.07, 6.45) is 0.114. The smallest absolute Gasteiger partial charge is 0.326 e. The van der Waals surface area contributed by atoms with Crippen molar-refractivity contribution in [2.75, 3.05) is 5.32 Å². The van der Waals surface area contributed by atoms with Gasteiger partial charge in [-0.1, -0.05) is 6.92 Å². The number of carboxylic acid groups (broad SMARTS) is 1. The van der Waals surface area contributed by atoms with E-state index in [1.807, 2.05) is 10.6 Å². The molecule has 1 aromatic rings. The van der Waals surface area contributed by atoms with Gasteiger partial charge < -0.3 is 15.7 Å². The van der Waals surface area contributed by atoms with Crippen molar-refractivity contribution in [1.29, 1.82) is 0 Å². The zero-order chi connectivity index (χ0) is 14.6. The molecule has 0 aliphatic heterocycles. The van der Waals surface area contributed by atoms with E-state index in [0.717, 1.165) is 0 Å². The lowest BCUT2D eigenvalue weighted by Crippen LogP contribution is -2.42. The fourth-order valence-electron chi connectivity index (χ4n) is 1.27. The van der Waals surface area contributed by atoms with E-state index in [1.165, 1.54) is 6.92 Å². The molecule has 0 aromatic heterocycles. The Bertz CT molecular complexity index is 508. The summed E-state index contributed by atoms with van der Waals surface area (Å²) >= 11 is 0. The van der Waals surface area contributed by atoms with Crippen molar-refractivity contribution in [3.8, 4) is 0 Å². The van der Waals surface area contributed by atoms with Crippen LogP contribution in [-0.4, -0.2) is 23.1 Å². The van der Waals surface area contributed by atoms with Crippen molar-refractivity contribution in [2.24, 2.45) is 0 Å². The monoisotopic (exact) mass is 276 g/mol. The Labute approximate surface area is 106 Å². The summed E-state index contributed by atoms with van der Waals surface area (Å²) in [6, 6.07) is -1.45. The highest BCUT2D eigenvalue weighted by Gasteiger charge is 2.19. The summed E-state index contributed by atoms with van der Waals surface area (Å²) < 4.78 is 38.7. The number of amides is 2. The molecule has 2 amide bonds. The summed E-state index contributed by atoms with van der Waals surface area (Å²) in [7, 11) is 0. The molecule has 19 heavy (non-hydrogen) atoms. The number of carbonyl (C=O) groups excluding carboxylic acids is 1. The SMILES string of the molecule is CC[C@@H](NC(=O)Nc1cc(F)c(F)cc1F)C(=O)O. The van der Waals surface area contributed by atoms with Crippen LogP contribution in [0.5, 0.6) is 0 Å². The van der Waals surface area contributed by atoms with Crippen molar-refractivity contribution < 1.29 is 27.9 Å². The maximum absolute atomic E-state index is 13.2. The van der Waals surface area contributed by atoms with E-state index in [-0.39, 0.29) is 12.5 Å². The quantitative estimate of drug-likeness (QED) is 0.737. The normalized spacial score (nSPS) is 11.8. The van der Waals surface area contributed by atoms with E-state index in [4.69, 9.17) is 5.11 Å². The lowest BCUT2D eigenvalue weighted by molar-refractivity contribution is -0.139. The van der Waals surface area contributed by atoms with E-state index in [2.05, 4.69) is 0 Å². The Kier molecular flexibility index (Phi) is 4.74. The molecule has 1 rings (SSSR count). The molecular weight excluding hydrogens is 265 g/mol. The summed E-state index contributed by atoms with van der Waals surface area (Å²) in [5.74, 6) is -5.15. The van der Waals surface area contributed by atoms with Crippen LogP contribution in [0, 0.1) is 17.5 Å². The molecule has 104 valence electrons. The summed E-state index contributed by atoms with van der Waals surface area (Å²) in [4.78, 5) is 22.0. The molecule has 8 heteroatoms. The molecule has 3 N–H and O–H groups in total.